The molecule has 0 amide bonds. The van der Waals surface area contributed by atoms with E-state index in [1.807, 2.05) is 37.7 Å². The standard InChI is InChI=1S/C14H16N4O2S/c1-5-20-13(19)12-9(3)18-7-11(15-14(18)21-12)10-6-17(4)16-8(10)2/h6-7H,5H2,1-4H3. The molecule has 0 saturated carbocycles. The number of rotatable bonds is 3. The van der Waals surface area contributed by atoms with Gasteiger partial charge < -0.3 is 4.74 Å². The Bertz CT molecular complexity index is 828. The molecule has 0 aromatic carbocycles. The molecule has 0 unspecified atom stereocenters. The van der Waals surface area contributed by atoms with Gasteiger partial charge in [-0.05, 0) is 20.8 Å². The van der Waals surface area contributed by atoms with E-state index in [9.17, 15) is 4.79 Å². The van der Waals surface area contributed by atoms with E-state index < -0.39 is 0 Å². The Hall–Kier alpha value is -2.15. The van der Waals surface area contributed by atoms with Crippen molar-refractivity contribution in [1.82, 2.24) is 19.2 Å². The summed E-state index contributed by atoms with van der Waals surface area (Å²) in [6.07, 6.45) is 3.89. The predicted octanol–water partition coefficient (Wildman–Crippen LogP) is 2.59. The molecule has 0 spiro atoms. The third-order valence-corrected chi connectivity index (χ3v) is 4.44. The summed E-state index contributed by atoms with van der Waals surface area (Å²) in [4.78, 5) is 17.9. The van der Waals surface area contributed by atoms with Crippen LogP contribution in [0, 0.1) is 13.8 Å². The Balaban J connectivity index is 2.07. The molecule has 0 aliphatic carbocycles. The lowest BCUT2D eigenvalue weighted by Gasteiger charge is -1.99. The third-order valence-electron chi connectivity index (χ3n) is 3.31. The number of carbonyl (C=O) groups is 1. The van der Waals surface area contributed by atoms with Gasteiger partial charge in [-0.25, -0.2) is 9.78 Å². The van der Waals surface area contributed by atoms with E-state index in [-0.39, 0.29) is 5.97 Å². The topological polar surface area (TPSA) is 61.4 Å². The van der Waals surface area contributed by atoms with E-state index >= 15 is 0 Å². The summed E-state index contributed by atoms with van der Waals surface area (Å²) < 4.78 is 8.76. The van der Waals surface area contributed by atoms with Crippen molar-refractivity contribution in [2.75, 3.05) is 6.61 Å². The Labute approximate surface area is 126 Å². The minimum absolute atomic E-state index is 0.287. The number of ether oxygens (including phenoxy) is 1. The lowest BCUT2D eigenvalue weighted by molar-refractivity contribution is 0.0531. The quantitative estimate of drug-likeness (QED) is 0.698. The molecule has 6 nitrogen and oxygen atoms in total. The number of imidazole rings is 1. The second kappa shape index (κ2) is 5.00. The zero-order chi connectivity index (χ0) is 15.1. The molecule has 0 saturated heterocycles. The van der Waals surface area contributed by atoms with Crippen molar-refractivity contribution in [2.45, 2.75) is 20.8 Å². The highest BCUT2D eigenvalue weighted by Crippen LogP contribution is 2.28. The normalized spacial score (nSPS) is 11.2. The zero-order valence-electron chi connectivity index (χ0n) is 12.4. The van der Waals surface area contributed by atoms with Gasteiger partial charge in [-0.1, -0.05) is 11.3 Å². The number of aryl methyl sites for hydroxylation is 3. The smallest absolute Gasteiger partial charge is 0.350 e. The summed E-state index contributed by atoms with van der Waals surface area (Å²) in [6, 6.07) is 0. The SMILES string of the molecule is CCOC(=O)c1sc2nc(-c3cn(C)nc3C)cn2c1C. The molecule has 3 heterocycles. The second-order valence-corrected chi connectivity index (χ2v) is 5.80. The van der Waals surface area contributed by atoms with Gasteiger partial charge in [0.25, 0.3) is 0 Å². The van der Waals surface area contributed by atoms with Crippen LogP contribution < -0.4 is 0 Å². The summed E-state index contributed by atoms with van der Waals surface area (Å²) in [5.41, 5.74) is 3.66. The molecule has 0 fully saturated rings. The Morgan fingerprint density at radius 1 is 1.38 bits per heavy atom. The molecular formula is C14H16N4O2S. The van der Waals surface area contributed by atoms with Gasteiger partial charge in [-0.2, -0.15) is 5.10 Å². The summed E-state index contributed by atoms with van der Waals surface area (Å²) in [5, 5.41) is 4.33. The van der Waals surface area contributed by atoms with Crippen LogP contribution in [0.4, 0.5) is 0 Å². The number of nitrogens with zero attached hydrogens (tertiary/aromatic N) is 4. The maximum absolute atomic E-state index is 11.9. The van der Waals surface area contributed by atoms with Crippen molar-refractivity contribution in [2.24, 2.45) is 7.05 Å². The first kappa shape index (κ1) is 13.8. The van der Waals surface area contributed by atoms with E-state index in [0.29, 0.717) is 11.5 Å². The van der Waals surface area contributed by atoms with E-state index in [0.717, 1.165) is 27.6 Å². The number of hydrogen-bond donors (Lipinski definition) is 0. The van der Waals surface area contributed by atoms with E-state index in [1.54, 1.807) is 11.6 Å². The third kappa shape index (κ3) is 2.23. The highest BCUT2D eigenvalue weighted by molar-refractivity contribution is 7.19. The van der Waals surface area contributed by atoms with Crippen molar-refractivity contribution in [3.63, 3.8) is 0 Å². The van der Waals surface area contributed by atoms with Crippen molar-refractivity contribution < 1.29 is 9.53 Å². The van der Waals surface area contributed by atoms with Crippen LogP contribution >= 0.6 is 11.3 Å². The largest absolute Gasteiger partial charge is 0.462 e. The molecular weight excluding hydrogens is 288 g/mol. The number of aromatic nitrogens is 4. The van der Waals surface area contributed by atoms with Gasteiger partial charge in [0.1, 0.15) is 4.88 Å². The van der Waals surface area contributed by atoms with Gasteiger partial charge in [0.2, 0.25) is 0 Å². The minimum Gasteiger partial charge on any atom is -0.462 e. The zero-order valence-corrected chi connectivity index (χ0v) is 13.2. The van der Waals surface area contributed by atoms with Gasteiger partial charge in [-0.3, -0.25) is 9.08 Å². The van der Waals surface area contributed by atoms with Gasteiger partial charge in [0.05, 0.1) is 18.0 Å². The molecule has 3 aromatic heterocycles. The molecule has 110 valence electrons. The van der Waals surface area contributed by atoms with Gasteiger partial charge in [0, 0.05) is 30.7 Å². The molecule has 21 heavy (non-hydrogen) atoms. The predicted molar refractivity (Wildman–Crippen MR) is 80.7 cm³/mol. The van der Waals surface area contributed by atoms with Crippen molar-refractivity contribution in [3.05, 3.63) is 28.7 Å². The summed E-state index contributed by atoms with van der Waals surface area (Å²) in [7, 11) is 1.89. The highest BCUT2D eigenvalue weighted by Gasteiger charge is 2.19. The van der Waals surface area contributed by atoms with Crippen LogP contribution in [-0.4, -0.2) is 31.7 Å². The van der Waals surface area contributed by atoms with Crippen LogP contribution in [0.3, 0.4) is 0 Å². The number of thiazole rings is 1. The first-order valence-corrected chi connectivity index (χ1v) is 7.49. The van der Waals surface area contributed by atoms with Crippen molar-refractivity contribution in [3.8, 4) is 11.3 Å². The monoisotopic (exact) mass is 304 g/mol. The van der Waals surface area contributed by atoms with Crippen LogP contribution in [0.25, 0.3) is 16.2 Å². The van der Waals surface area contributed by atoms with Crippen LogP contribution in [0.15, 0.2) is 12.4 Å². The van der Waals surface area contributed by atoms with Gasteiger partial charge >= 0.3 is 5.97 Å². The molecule has 3 rings (SSSR count). The van der Waals surface area contributed by atoms with E-state index in [1.165, 1.54) is 11.3 Å². The Morgan fingerprint density at radius 3 is 2.71 bits per heavy atom. The molecule has 7 heteroatoms. The van der Waals surface area contributed by atoms with Gasteiger partial charge in [-0.15, -0.1) is 0 Å². The maximum Gasteiger partial charge on any atom is 0.350 e. The first-order valence-electron chi connectivity index (χ1n) is 6.67. The van der Waals surface area contributed by atoms with Crippen LogP contribution in [0.1, 0.15) is 28.0 Å². The molecule has 0 radical (unpaired) electrons. The fourth-order valence-electron chi connectivity index (χ4n) is 2.32. The fourth-order valence-corrected chi connectivity index (χ4v) is 3.32. The highest BCUT2D eigenvalue weighted by atomic mass is 32.1. The van der Waals surface area contributed by atoms with Crippen LogP contribution in [0.5, 0.6) is 0 Å². The average Bonchev–Trinajstić information content (AvgIpc) is 3.05. The Morgan fingerprint density at radius 2 is 2.14 bits per heavy atom. The minimum atomic E-state index is -0.287. The molecule has 0 atom stereocenters. The number of hydrogen-bond acceptors (Lipinski definition) is 5. The summed E-state index contributed by atoms with van der Waals surface area (Å²) in [6.45, 7) is 6.03. The lowest BCUT2D eigenvalue weighted by atomic mass is 10.2. The number of esters is 1. The molecule has 0 aliphatic rings. The Kier molecular flexibility index (Phi) is 3.29. The fraction of sp³-hybridized carbons (Fsp3) is 0.357. The summed E-state index contributed by atoms with van der Waals surface area (Å²) >= 11 is 1.35. The maximum atomic E-state index is 11.9. The second-order valence-electron chi connectivity index (χ2n) is 4.82. The molecule has 0 N–H and O–H groups in total. The molecule has 3 aromatic rings. The van der Waals surface area contributed by atoms with E-state index in [4.69, 9.17) is 4.74 Å². The number of carbonyl (C=O) groups excluding carboxylic acids is 1. The first-order chi connectivity index (χ1) is 10.0. The number of fused-ring (bicyclic) bond motifs is 1. The van der Waals surface area contributed by atoms with Crippen LogP contribution in [-0.2, 0) is 11.8 Å². The van der Waals surface area contributed by atoms with Gasteiger partial charge in [0.15, 0.2) is 4.96 Å². The van der Waals surface area contributed by atoms with E-state index in [2.05, 4.69) is 10.1 Å². The van der Waals surface area contributed by atoms with Crippen molar-refractivity contribution >= 4 is 22.3 Å². The molecule has 0 aliphatic heterocycles. The van der Waals surface area contributed by atoms with Crippen LogP contribution in [0.2, 0.25) is 0 Å². The molecule has 0 bridgehead atoms. The van der Waals surface area contributed by atoms with Crippen molar-refractivity contribution in [1.29, 1.82) is 0 Å². The lowest BCUT2D eigenvalue weighted by Crippen LogP contribution is -2.04. The summed E-state index contributed by atoms with van der Waals surface area (Å²) in [5.74, 6) is -0.287. The average molecular weight is 304 g/mol.